The number of amides is 3. The van der Waals surface area contributed by atoms with Gasteiger partial charge in [0, 0.05) is 14.1 Å². The van der Waals surface area contributed by atoms with Gasteiger partial charge in [-0.15, -0.1) is 0 Å². The average Bonchev–Trinajstić information content (AvgIpc) is 1.99. The number of carbonyl (C=O) groups is 2. The van der Waals surface area contributed by atoms with Crippen LogP contribution in [0, 0.1) is 0 Å². The van der Waals surface area contributed by atoms with Crippen molar-refractivity contribution in [2.24, 2.45) is 5.84 Å². The van der Waals surface area contributed by atoms with E-state index in [0.29, 0.717) is 0 Å². The number of carbonyl (C=O) groups excluding carboxylic acids is 2. The van der Waals surface area contributed by atoms with Gasteiger partial charge in [0.1, 0.15) is 0 Å². The minimum atomic E-state index is -0.430. The quantitative estimate of drug-likeness (QED) is 0.254. The molecule has 0 saturated heterocycles. The predicted molar refractivity (Wildman–Crippen MR) is 39.4 cm³/mol. The lowest BCUT2D eigenvalue weighted by Gasteiger charge is -2.10. The van der Waals surface area contributed by atoms with Crippen molar-refractivity contribution in [3.63, 3.8) is 0 Å². The molecule has 0 saturated carbocycles. The first-order valence-corrected chi connectivity index (χ1v) is 3.02. The number of nitrogens with two attached hydrogens (primary N) is 1. The predicted octanol–water partition coefficient (Wildman–Crippen LogP) is -1.75. The molecule has 0 aromatic rings. The summed E-state index contributed by atoms with van der Waals surface area (Å²) in [7, 11) is 3.16. The molecule has 0 radical (unpaired) electrons. The first kappa shape index (κ1) is 9.70. The number of rotatable bonds is 2. The summed E-state index contributed by atoms with van der Waals surface area (Å²) < 4.78 is 0. The molecule has 0 aromatic heterocycles. The highest BCUT2D eigenvalue weighted by Crippen LogP contribution is 1.74. The van der Waals surface area contributed by atoms with Crippen molar-refractivity contribution in [3.05, 3.63) is 0 Å². The van der Waals surface area contributed by atoms with Crippen LogP contribution >= 0.6 is 0 Å². The molecule has 6 nitrogen and oxygen atoms in total. The summed E-state index contributed by atoms with van der Waals surface area (Å²) >= 11 is 0. The Bertz CT molecular complexity index is 157. The normalized spacial score (nSPS) is 8.64. The number of hydrogen-bond donors (Lipinski definition) is 3. The maximum atomic E-state index is 10.8. The summed E-state index contributed by atoms with van der Waals surface area (Å²) in [6.07, 6.45) is 0. The van der Waals surface area contributed by atoms with Gasteiger partial charge in [0.2, 0.25) is 0 Å². The molecule has 0 rings (SSSR count). The minimum absolute atomic E-state index is 0.104. The molecule has 11 heavy (non-hydrogen) atoms. The Hall–Kier alpha value is -1.30. The third kappa shape index (κ3) is 4.15. The van der Waals surface area contributed by atoms with Gasteiger partial charge in [0.05, 0.1) is 6.54 Å². The highest BCUT2D eigenvalue weighted by molar-refractivity contribution is 5.83. The van der Waals surface area contributed by atoms with Gasteiger partial charge in [-0.25, -0.2) is 10.6 Å². The Labute approximate surface area is 64.7 Å². The number of nitrogens with one attached hydrogen (secondary N) is 2. The van der Waals surface area contributed by atoms with Crippen LogP contribution in [0.4, 0.5) is 4.79 Å². The number of hydrogen-bond acceptors (Lipinski definition) is 3. The zero-order chi connectivity index (χ0) is 8.85. The van der Waals surface area contributed by atoms with Gasteiger partial charge in [-0.3, -0.25) is 10.2 Å². The largest absolute Gasteiger partial charge is 0.331 e. The summed E-state index contributed by atoms with van der Waals surface area (Å²) in [5, 5.41) is 2.33. The van der Waals surface area contributed by atoms with Gasteiger partial charge in [0.25, 0.3) is 5.91 Å². The van der Waals surface area contributed by atoms with Gasteiger partial charge in [0.15, 0.2) is 0 Å². The van der Waals surface area contributed by atoms with Gasteiger partial charge in [-0.2, -0.15) is 0 Å². The van der Waals surface area contributed by atoms with Crippen LogP contribution in [0.25, 0.3) is 0 Å². The number of hydrazine groups is 1. The SMILES string of the molecule is CN(C)C(=O)NCC(=O)NN. The molecular weight excluding hydrogens is 148 g/mol. The van der Waals surface area contributed by atoms with E-state index in [2.05, 4.69) is 5.32 Å². The Morgan fingerprint density at radius 3 is 2.36 bits per heavy atom. The van der Waals surface area contributed by atoms with E-state index in [1.165, 1.54) is 4.90 Å². The highest BCUT2D eigenvalue weighted by Gasteiger charge is 2.03. The molecular formula is C5H12N4O2. The molecule has 0 unspecified atom stereocenters. The second kappa shape index (κ2) is 4.51. The molecule has 0 aliphatic carbocycles. The van der Waals surface area contributed by atoms with E-state index in [-0.39, 0.29) is 12.6 Å². The first-order valence-electron chi connectivity index (χ1n) is 3.02. The molecule has 0 bridgehead atoms. The van der Waals surface area contributed by atoms with Crippen molar-refractivity contribution in [2.75, 3.05) is 20.6 Å². The van der Waals surface area contributed by atoms with E-state index in [4.69, 9.17) is 5.84 Å². The second-order valence-electron chi connectivity index (χ2n) is 2.12. The van der Waals surface area contributed by atoms with Gasteiger partial charge >= 0.3 is 6.03 Å². The summed E-state index contributed by atoms with van der Waals surface area (Å²) in [6, 6.07) is -0.325. The van der Waals surface area contributed by atoms with Crippen molar-refractivity contribution in [2.45, 2.75) is 0 Å². The Morgan fingerprint density at radius 1 is 1.45 bits per heavy atom. The Kier molecular flexibility index (Phi) is 3.97. The third-order valence-corrected chi connectivity index (χ3v) is 0.967. The van der Waals surface area contributed by atoms with Crippen LogP contribution in [0.15, 0.2) is 0 Å². The fraction of sp³-hybridized carbons (Fsp3) is 0.600. The molecule has 0 heterocycles. The van der Waals surface area contributed by atoms with Crippen molar-refractivity contribution in [1.29, 1.82) is 0 Å². The zero-order valence-electron chi connectivity index (χ0n) is 6.55. The minimum Gasteiger partial charge on any atom is -0.331 e. The van der Waals surface area contributed by atoms with Crippen LogP contribution in [-0.4, -0.2) is 37.5 Å². The lowest BCUT2D eigenvalue weighted by Crippen LogP contribution is -2.43. The van der Waals surface area contributed by atoms with Crippen LogP contribution in [0.2, 0.25) is 0 Å². The van der Waals surface area contributed by atoms with Gasteiger partial charge in [-0.1, -0.05) is 0 Å². The van der Waals surface area contributed by atoms with Crippen molar-refractivity contribution in [1.82, 2.24) is 15.6 Å². The number of urea groups is 1. The fourth-order valence-corrected chi connectivity index (χ4v) is 0.365. The van der Waals surface area contributed by atoms with Gasteiger partial charge in [-0.05, 0) is 0 Å². The molecule has 64 valence electrons. The molecule has 0 fully saturated rings. The first-order chi connectivity index (χ1) is 5.07. The van der Waals surface area contributed by atoms with Gasteiger partial charge < -0.3 is 10.2 Å². The summed E-state index contributed by atoms with van der Waals surface area (Å²) in [4.78, 5) is 22.5. The molecule has 0 atom stereocenters. The Morgan fingerprint density at radius 2 is 2.00 bits per heavy atom. The average molecular weight is 160 g/mol. The van der Waals surface area contributed by atoms with E-state index in [1.807, 2.05) is 5.43 Å². The zero-order valence-corrected chi connectivity index (χ0v) is 6.55. The lowest BCUT2D eigenvalue weighted by molar-refractivity contribution is -0.120. The lowest BCUT2D eigenvalue weighted by atomic mass is 10.6. The topological polar surface area (TPSA) is 87.5 Å². The van der Waals surface area contributed by atoms with E-state index in [9.17, 15) is 9.59 Å². The maximum absolute atomic E-state index is 10.8. The van der Waals surface area contributed by atoms with Crippen molar-refractivity contribution >= 4 is 11.9 Å². The Balaban J connectivity index is 3.54. The molecule has 3 amide bonds. The summed E-state index contributed by atoms with van der Waals surface area (Å²) in [5.74, 6) is 4.34. The van der Waals surface area contributed by atoms with Crippen LogP contribution in [0.1, 0.15) is 0 Å². The standard InChI is InChI=1S/C5H12N4O2/c1-9(2)5(11)7-3-4(10)8-6/h3,6H2,1-2H3,(H,7,11)(H,8,10). The third-order valence-electron chi connectivity index (χ3n) is 0.967. The second-order valence-corrected chi connectivity index (χ2v) is 2.12. The van der Waals surface area contributed by atoms with E-state index >= 15 is 0 Å². The van der Waals surface area contributed by atoms with Crippen LogP contribution < -0.4 is 16.6 Å². The van der Waals surface area contributed by atoms with Crippen molar-refractivity contribution < 1.29 is 9.59 Å². The summed E-state index contributed by atoms with van der Waals surface area (Å²) in [5.41, 5.74) is 1.89. The monoisotopic (exact) mass is 160 g/mol. The smallest absolute Gasteiger partial charge is 0.317 e. The van der Waals surface area contributed by atoms with E-state index in [1.54, 1.807) is 14.1 Å². The molecule has 0 aromatic carbocycles. The fourth-order valence-electron chi connectivity index (χ4n) is 0.365. The summed E-state index contributed by atoms with van der Waals surface area (Å²) in [6.45, 7) is -0.104. The van der Waals surface area contributed by atoms with E-state index < -0.39 is 5.91 Å². The molecule has 0 spiro atoms. The molecule has 4 N–H and O–H groups in total. The maximum Gasteiger partial charge on any atom is 0.317 e. The number of nitrogens with zero attached hydrogens (tertiary/aromatic N) is 1. The van der Waals surface area contributed by atoms with E-state index in [0.717, 1.165) is 0 Å². The molecule has 0 aliphatic heterocycles. The highest BCUT2D eigenvalue weighted by atomic mass is 16.2. The van der Waals surface area contributed by atoms with Crippen LogP contribution in [0.3, 0.4) is 0 Å². The molecule has 6 heteroatoms. The van der Waals surface area contributed by atoms with Crippen LogP contribution in [-0.2, 0) is 4.79 Å². The molecule has 0 aliphatic rings. The van der Waals surface area contributed by atoms with Crippen LogP contribution in [0.5, 0.6) is 0 Å². The van der Waals surface area contributed by atoms with Crippen molar-refractivity contribution in [3.8, 4) is 0 Å².